The Morgan fingerprint density at radius 2 is 0.697 bits per heavy atom. The fourth-order valence-electron chi connectivity index (χ4n) is 11.4. The normalized spacial score (nSPS) is 16.2. The summed E-state index contributed by atoms with van der Waals surface area (Å²) < 4.78 is -0.339. The van der Waals surface area contributed by atoms with Gasteiger partial charge in [-0.2, -0.15) is 0 Å². The molecule has 0 bridgehead atoms. The van der Waals surface area contributed by atoms with Gasteiger partial charge < -0.3 is 0 Å². The first kappa shape index (κ1) is 44.7. The van der Waals surface area contributed by atoms with E-state index in [9.17, 15) is 17.0 Å². The summed E-state index contributed by atoms with van der Waals surface area (Å²) in [6.07, 6.45) is 5.02. The Morgan fingerprint density at radius 3 is 1.03 bits per heavy atom. The second-order valence-corrected chi connectivity index (χ2v) is 61.9. The Balaban J connectivity index is 1.32. The van der Waals surface area contributed by atoms with Crippen molar-refractivity contribution in [1.29, 1.82) is 0 Å². The summed E-state index contributed by atoms with van der Waals surface area (Å²) in [7, 11) is 18.6. The average molecular weight is 992 g/mol. The molecular formula is C62H57Cl2SiZr. The van der Waals surface area contributed by atoms with E-state index < -0.39 is 21.5 Å². The van der Waals surface area contributed by atoms with E-state index in [4.69, 9.17) is 0 Å². The number of fused-ring (bicyclic) bond motifs is 2. The Kier molecular flexibility index (Phi) is 12.1. The molecule has 0 heterocycles. The molecule has 327 valence electrons. The summed E-state index contributed by atoms with van der Waals surface area (Å²) in [5.41, 5.74) is 22.5. The second kappa shape index (κ2) is 17.9. The first-order valence-electron chi connectivity index (χ1n) is 23.7. The molecule has 2 atom stereocenters. The zero-order chi connectivity index (χ0) is 45.8. The van der Waals surface area contributed by atoms with Crippen molar-refractivity contribution in [2.75, 3.05) is 0 Å². The van der Waals surface area contributed by atoms with Crippen molar-refractivity contribution in [2.24, 2.45) is 0 Å². The van der Waals surface area contributed by atoms with Crippen LogP contribution in [0.3, 0.4) is 0 Å². The van der Waals surface area contributed by atoms with Gasteiger partial charge in [0, 0.05) is 0 Å². The van der Waals surface area contributed by atoms with Gasteiger partial charge in [-0.3, -0.25) is 0 Å². The van der Waals surface area contributed by atoms with Gasteiger partial charge in [-0.05, 0) is 0 Å². The molecule has 10 rings (SSSR count). The summed E-state index contributed by atoms with van der Waals surface area (Å²) in [5.74, 6) is -1.32. The summed E-state index contributed by atoms with van der Waals surface area (Å²) in [5, 5.41) is 0. The van der Waals surface area contributed by atoms with Gasteiger partial charge in [0.1, 0.15) is 0 Å². The van der Waals surface area contributed by atoms with E-state index in [2.05, 4.69) is 247 Å². The molecule has 0 N–H and O–H groups in total. The molecule has 2 aliphatic rings. The van der Waals surface area contributed by atoms with Crippen molar-refractivity contribution in [2.45, 2.75) is 59.9 Å². The third-order valence-corrected chi connectivity index (χ3v) is 66.3. The molecule has 0 spiro atoms. The van der Waals surface area contributed by atoms with Crippen molar-refractivity contribution < 1.29 is 15.6 Å². The predicted molar refractivity (Wildman–Crippen MR) is 287 cm³/mol. The zero-order valence-corrected chi connectivity index (χ0v) is 43.9. The average Bonchev–Trinajstić information content (AvgIpc) is 3.96. The maximum atomic E-state index is 9.32. The van der Waals surface area contributed by atoms with Gasteiger partial charge >= 0.3 is 405 Å². The Morgan fingerprint density at radius 1 is 0.379 bits per heavy atom. The van der Waals surface area contributed by atoms with E-state index in [1.165, 1.54) is 100 Å². The molecule has 8 aromatic rings. The quantitative estimate of drug-likeness (QED) is 0.113. The van der Waals surface area contributed by atoms with Crippen LogP contribution in [-0.2, 0) is 15.6 Å². The summed E-state index contributed by atoms with van der Waals surface area (Å²) in [4.78, 5) is 0. The van der Waals surface area contributed by atoms with Crippen LogP contribution in [-0.4, -0.2) is 5.92 Å². The molecule has 8 aromatic carbocycles. The number of benzene rings is 8. The van der Waals surface area contributed by atoms with Crippen LogP contribution < -0.4 is 0 Å². The Hall–Kier alpha value is -5.08. The van der Waals surface area contributed by atoms with Crippen LogP contribution in [0.15, 0.2) is 194 Å². The van der Waals surface area contributed by atoms with Crippen molar-refractivity contribution in [1.82, 2.24) is 0 Å². The molecule has 0 aromatic heterocycles. The molecule has 66 heavy (non-hydrogen) atoms. The second-order valence-electron chi connectivity index (χ2n) is 19.4. The minimum atomic E-state index is -5.47. The van der Waals surface area contributed by atoms with Crippen molar-refractivity contribution in [3.05, 3.63) is 239 Å². The molecule has 0 nitrogen and oxygen atoms in total. The minimum absolute atomic E-state index is 0.170. The van der Waals surface area contributed by atoms with E-state index >= 15 is 0 Å². The fourth-order valence-corrected chi connectivity index (χ4v) is 41.5. The Bertz CT molecular complexity index is 2940. The molecule has 2 aliphatic carbocycles. The maximum absolute atomic E-state index is 9.32. The van der Waals surface area contributed by atoms with Crippen LogP contribution in [0.4, 0.5) is 0 Å². The molecule has 0 amide bonds. The first-order valence-corrected chi connectivity index (χ1v) is 40.0. The first-order chi connectivity index (χ1) is 32.0. The van der Waals surface area contributed by atoms with E-state index in [0.29, 0.717) is 11.8 Å². The SMILES string of the molecule is CC(C)c1ccccc1-c1c(-c2ccccc2)ccc2c1C=C(c1ccccc1)[CH]2[Zr]([Cl])([Cl])([CH]1C(c2ccccc2)=Cc2c1ccc(-c1ccccc1)c2-c1ccccc1C(C)C)[SiH](C)C. The van der Waals surface area contributed by atoms with Crippen LogP contribution in [0.5, 0.6) is 0 Å². The van der Waals surface area contributed by atoms with Crippen molar-refractivity contribution in [3.8, 4) is 44.5 Å². The van der Waals surface area contributed by atoms with Gasteiger partial charge in [-0.1, -0.05) is 0 Å². The summed E-state index contributed by atoms with van der Waals surface area (Å²) in [6.45, 7) is 14.2. The molecular weight excluding hydrogens is 935 g/mol. The topological polar surface area (TPSA) is 0 Å². The van der Waals surface area contributed by atoms with Gasteiger partial charge in [-0.25, -0.2) is 0 Å². The van der Waals surface area contributed by atoms with Crippen LogP contribution in [0.25, 0.3) is 67.8 Å². The number of hydrogen-bond donors (Lipinski definition) is 0. The van der Waals surface area contributed by atoms with Crippen LogP contribution in [0.1, 0.15) is 91.3 Å². The molecule has 0 aliphatic heterocycles. The number of allylic oxidation sites excluding steroid dienone is 2. The number of rotatable bonds is 11. The Labute approximate surface area is 401 Å². The van der Waals surface area contributed by atoms with Crippen LogP contribution in [0.2, 0.25) is 13.1 Å². The molecule has 4 heteroatoms. The summed E-state index contributed by atoms with van der Waals surface area (Å²) >= 11 is -5.47. The van der Waals surface area contributed by atoms with Gasteiger partial charge in [0.05, 0.1) is 0 Å². The van der Waals surface area contributed by atoms with Crippen molar-refractivity contribution >= 4 is 46.2 Å². The number of halogens is 2. The van der Waals surface area contributed by atoms with Gasteiger partial charge in [0.25, 0.3) is 0 Å². The molecule has 0 fully saturated rings. The van der Waals surface area contributed by atoms with E-state index in [0.717, 1.165) is 0 Å². The monoisotopic (exact) mass is 989 g/mol. The summed E-state index contributed by atoms with van der Waals surface area (Å²) in [6, 6.07) is 71.5. The van der Waals surface area contributed by atoms with E-state index in [1.807, 2.05) is 0 Å². The third-order valence-electron chi connectivity index (χ3n) is 14.7. The standard InChI is InChI=1S/2C30H25.C2H7Si.2ClH.Zr/c2*1-21(2)26-15-9-10-16-28(26)30-27(23-13-7-4-8-14-23)18-17-24-19-25(20-29(24)30)22-11-5-3-6-12-22;1-3-2;;;/h2*3-21H,1-2H3;3H,1-2H3;2*1H;/q;;;;;+2/p-2. The van der Waals surface area contributed by atoms with Crippen molar-refractivity contribution in [3.63, 3.8) is 0 Å². The van der Waals surface area contributed by atoms with E-state index in [-0.39, 0.29) is 7.25 Å². The van der Waals surface area contributed by atoms with E-state index in [1.54, 1.807) is 0 Å². The van der Waals surface area contributed by atoms with Crippen LogP contribution in [0, 0.1) is 0 Å². The molecule has 2 unspecified atom stereocenters. The fraction of sp³-hybridized carbons (Fsp3) is 0.161. The third kappa shape index (κ3) is 7.45. The molecule has 0 saturated carbocycles. The van der Waals surface area contributed by atoms with Crippen LogP contribution >= 0.6 is 17.0 Å². The zero-order valence-electron chi connectivity index (χ0n) is 38.8. The van der Waals surface area contributed by atoms with Gasteiger partial charge in [0.2, 0.25) is 0 Å². The number of hydrogen-bond acceptors (Lipinski definition) is 0. The molecule has 0 saturated heterocycles. The van der Waals surface area contributed by atoms with Gasteiger partial charge in [-0.15, -0.1) is 0 Å². The predicted octanol–water partition coefficient (Wildman–Crippen LogP) is 18.5. The molecule has 0 radical (unpaired) electrons. The van der Waals surface area contributed by atoms with Gasteiger partial charge in [0.15, 0.2) is 0 Å².